The van der Waals surface area contributed by atoms with E-state index in [1.165, 1.54) is 24.3 Å². The standard InChI is InChI=1S/C13H21N3O3S.ClH/c1-3-13(15,4-2)9-16-20(18,19)11-7-5-6-10(8-11)12(14)17;/h5-8,16H,3-4,9,15H2,1-2H3,(H2,14,17);1H. The molecule has 1 rings (SSSR count). The van der Waals surface area contributed by atoms with E-state index < -0.39 is 21.5 Å². The third-order valence-corrected chi connectivity index (χ3v) is 4.85. The van der Waals surface area contributed by atoms with Crippen molar-refractivity contribution in [2.75, 3.05) is 6.54 Å². The van der Waals surface area contributed by atoms with E-state index in [9.17, 15) is 13.2 Å². The Bertz CT molecular complexity index is 586. The van der Waals surface area contributed by atoms with Gasteiger partial charge in [0.25, 0.3) is 0 Å². The van der Waals surface area contributed by atoms with E-state index in [1.807, 2.05) is 13.8 Å². The normalized spacial score (nSPS) is 11.8. The van der Waals surface area contributed by atoms with Crippen molar-refractivity contribution in [2.24, 2.45) is 11.5 Å². The van der Waals surface area contributed by atoms with Crippen LogP contribution in [0, 0.1) is 0 Å². The summed E-state index contributed by atoms with van der Waals surface area (Å²) in [6.07, 6.45) is 1.32. The van der Waals surface area contributed by atoms with Crippen LogP contribution in [0.4, 0.5) is 0 Å². The number of carbonyl (C=O) groups excluding carboxylic acids is 1. The van der Waals surface area contributed by atoms with Gasteiger partial charge in [-0.3, -0.25) is 4.79 Å². The number of rotatable bonds is 7. The van der Waals surface area contributed by atoms with Crippen LogP contribution in [0.15, 0.2) is 29.2 Å². The molecule has 0 saturated carbocycles. The quantitative estimate of drug-likeness (QED) is 0.689. The van der Waals surface area contributed by atoms with Crippen LogP contribution in [0.1, 0.15) is 37.0 Å². The molecule has 0 atom stereocenters. The van der Waals surface area contributed by atoms with E-state index >= 15 is 0 Å². The van der Waals surface area contributed by atoms with Gasteiger partial charge < -0.3 is 11.5 Å². The van der Waals surface area contributed by atoms with E-state index in [0.29, 0.717) is 12.8 Å². The number of sulfonamides is 1. The predicted molar refractivity (Wildman–Crippen MR) is 84.9 cm³/mol. The first-order valence-corrected chi connectivity index (χ1v) is 7.91. The molecular formula is C13H22ClN3O3S. The van der Waals surface area contributed by atoms with Crippen molar-refractivity contribution in [1.29, 1.82) is 0 Å². The molecule has 8 heteroatoms. The van der Waals surface area contributed by atoms with Gasteiger partial charge in [-0.15, -0.1) is 12.4 Å². The van der Waals surface area contributed by atoms with Crippen molar-refractivity contribution < 1.29 is 13.2 Å². The molecule has 21 heavy (non-hydrogen) atoms. The van der Waals surface area contributed by atoms with Gasteiger partial charge in [-0.25, -0.2) is 13.1 Å². The van der Waals surface area contributed by atoms with Gasteiger partial charge in [0.1, 0.15) is 0 Å². The lowest BCUT2D eigenvalue weighted by atomic mass is 9.95. The molecule has 1 amide bonds. The summed E-state index contributed by atoms with van der Waals surface area (Å²) in [6, 6.07) is 5.60. The maximum Gasteiger partial charge on any atom is 0.248 e. The average molecular weight is 336 g/mol. The minimum atomic E-state index is -3.71. The molecule has 0 bridgehead atoms. The van der Waals surface area contributed by atoms with Gasteiger partial charge in [0, 0.05) is 17.6 Å². The molecule has 0 spiro atoms. The van der Waals surface area contributed by atoms with Crippen molar-refractivity contribution in [2.45, 2.75) is 37.1 Å². The van der Waals surface area contributed by atoms with Gasteiger partial charge >= 0.3 is 0 Å². The van der Waals surface area contributed by atoms with Crippen molar-refractivity contribution in [3.8, 4) is 0 Å². The number of nitrogens with one attached hydrogen (secondary N) is 1. The number of hydrogen-bond donors (Lipinski definition) is 3. The summed E-state index contributed by atoms with van der Waals surface area (Å²) in [4.78, 5) is 11.1. The third kappa shape index (κ3) is 5.28. The van der Waals surface area contributed by atoms with Gasteiger partial charge in [-0.05, 0) is 31.0 Å². The molecule has 0 fully saturated rings. The molecule has 0 radical (unpaired) electrons. The fourth-order valence-electron chi connectivity index (χ4n) is 1.64. The van der Waals surface area contributed by atoms with Crippen LogP contribution in [-0.2, 0) is 10.0 Å². The Hall–Kier alpha value is -1.15. The lowest BCUT2D eigenvalue weighted by Crippen LogP contribution is -2.49. The smallest absolute Gasteiger partial charge is 0.248 e. The molecule has 1 aromatic carbocycles. The Balaban J connectivity index is 0.00000400. The van der Waals surface area contributed by atoms with E-state index in [2.05, 4.69) is 4.72 Å². The number of amides is 1. The van der Waals surface area contributed by atoms with Crippen LogP contribution < -0.4 is 16.2 Å². The lowest BCUT2D eigenvalue weighted by Gasteiger charge is -2.26. The first-order chi connectivity index (χ1) is 9.24. The second-order valence-electron chi connectivity index (χ2n) is 4.79. The summed E-state index contributed by atoms with van der Waals surface area (Å²) in [5, 5.41) is 0. The number of nitrogens with two attached hydrogens (primary N) is 2. The summed E-state index contributed by atoms with van der Waals surface area (Å²) < 4.78 is 26.8. The van der Waals surface area contributed by atoms with Crippen LogP contribution in [0.5, 0.6) is 0 Å². The third-order valence-electron chi connectivity index (χ3n) is 3.45. The highest BCUT2D eigenvalue weighted by Gasteiger charge is 2.24. The highest BCUT2D eigenvalue weighted by atomic mass is 35.5. The van der Waals surface area contributed by atoms with Gasteiger partial charge in [-0.1, -0.05) is 19.9 Å². The molecule has 1 aromatic rings. The molecule has 6 nitrogen and oxygen atoms in total. The van der Waals surface area contributed by atoms with Crippen LogP contribution in [0.3, 0.4) is 0 Å². The Morgan fingerprint density at radius 2 is 1.86 bits per heavy atom. The van der Waals surface area contributed by atoms with E-state index in [0.717, 1.165) is 0 Å². The van der Waals surface area contributed by atoms with E-state index in [4.69, 9.17) is 11.5 Å². The number of benzene rings is 1. The minimum absolute atomic E-state index is 0. The first-order valence-electron chi connectivity index (χ1n) is 6.42. The number of halogens is 1. The van der Waals surface area contributed by atoms with Crippen molar-refractivity contribution >= 4 is 28.3 Å². The number of primary amides is 1. The summed E-state index contributed by atoms with van der Waals surface area (Å²) in [5.74, 6) is -0.669. The Kier molecular flexibility index (Phi) is 7.32. The van der Waals surface area contributed by atoms with E-state index in [-0.39, 0.29) is 29.4 Å². The summed E-state index contributed by atoms with van der Waals surface area (Å²) >= 11 is 0. The molecule has 0 saturated heterocycles. The maximum atomic E-state index is 12.2. The fourth-order valence-corrected chi connectivity index (χ4v) is 2.82. The maximum absolute atomic E-state index is 12.2. The minimum Gasteiger partial charge on any atom is -0.366 e. The topological polar surface area (TPSA) is 115 Å². The number of carbonyl (C=O) groups is 1. The van der Waals surface area contributed by atoms with Gasteiger partial charge in [-0.2, -0.15) is 0 Å². The molecule has 0 aliphatic carbocycles. The van der Waals surface area contributed by atoms with Crippen LogP contribution in [0.25, 0.3) is 0 Å². The van der Waals surface area contributed by atoms with Crippen LogP contribution in [-0.4, -0.2) is 26.4 Å². The van der Waals surface area contributed by atoms with Crippen LogP contribution in [0.2, 0.25) is 0 Å². The zero-order valence-corrected chi connectivity index (χ0v) is 13.8. The highest BCUT2D eigenvalue weighted by molar-refractivity contribution is 7.89. The fraction of sp³-hybridized carbons (Fsp3) is 0.462. The number of hydrogen-bond acceptors (Lipinski definition) is 4. The summed E-state index contributed by atoms with van der Waals surface area (Å²) in [7, 11) is -3.71. The summed E-state index contributed by atoms with van der Waals surface area (Å²) in [5.41, 5.74) is 10.8. The molecule has 120 valence electrons. The zero-order chi connectivity index (χ0) is 15.4. The van der Waals surface area contributed by atoms with Crippen molar-refractivity contribution in [1.82, 2.24) is 4.72 Å². The Morgan fingerprint density at radius 3 is 2.33 bits per heavy atom. The first kappa shape index (κ1) is 19.9. The molecule has 0 aliphatic heterocycles. The van der Waals surface area contributed by atoms with Crippen molar-refractivity contribution in [3.63, 3.8) is 0 Å². The van der Waals surface area contributed by atoms with Gasteiger partial charge in [0.05, 0.1) is 4.90 Å². The van der Waals surface area contributed by atoms with Gasteiger partial charge in [0.2, 0.25) is 15.9 Å². The molecule has 5 N–H and O–H groups in total. The average Bonchev–Trinajstić information content (AvgIpc) is 2.45. The van der Waals surface area contributed by atoms with Crippen LogP contribution >= 0.6 is 12.4 Å². The van der Waals surface area contributed by atoms with Gasteiger partial charge in [0.15, 0.2) is 0 Å². The monoisotopic (exact) mass is 335 g/mol. The molecule has 0 heterocycles. The lowest BCUT2D eigenvalue weighted by molar-refractivity contribution is 0.1000. The SMILES string of the molecule is CCC(N)(CC)CNS(=O)(=O)c1cccc(C(N)=O)c1.Cl. The highest BCUT2D eigenvalue weighted by Crippen LogP contribution is 2.14. The molecular weight excluding hydrogens is 314 g/mol. The van der Waals surface area contributed by atoms with E-state index in [1.54, 1.807) is 0 Å². The summed E-state index contributed by atoms with van der Waals surface area (Å²) in [6.45, 7) is 3.96. The predicted octanol–water partition coefficient (Wildman–Crippen LogP) is 1.00. The molecule has 0 aliphatic rings. The molecule has 0 unspecified atom stereocenters. The Labute approximate surface area is 131 Å². The zero-order valence-electron chi connectivity index (χ0n) is 12.1. The molecule has 0 aromatic heterocycles. The van der Waals surface area contributed by atoms with Crippen molar-refractivity contribution in [3.05, 3.63) is 29.8 Å². The second kappa shape index (κ2) is 7.74. The second-order valence-corrected chi connectivity index (χ2v) is 6.55. The Morgan fingerprint density at radius 1 is 1.29 bits per heavy atom. The largest absolute Gasteiger partial charge is 0.366 e.